The number of benzene rings is 1. The third-order valence-electron chi connectivity index (χ3n) is 3.43. The number of rotatable bonds is 9. The second-order valence-corrected chi connectivity index (χ2v) is 6.18. The van der Waals surface area contributed by atoms with Crippen molar-refractivity contribution in [2.45, 2.75) is 46.2 Å². The lowest BCUT2D eigenvalue weighted by Gasteiger charge is -2.21. The number of hydrogen-bond acceptors (Lipinski definition) is 3. The zero-order valence-electron chi connectivity index (χ0n) is 14.9. The summed E-state index contributed by atoms with van der Waals surface area (Å²) in [5.41, 5.74) is 1.06. The second-order valence-electron chi connectivity index (χ2n) is 6.18. The maximum Gasteiger partial charge on any atom is 0.315 e. The van der Waals surface area contributed by atoms with E-state index in [2.05, 4.69) is 24.5 Å². The molecule has 2 atom stereocenters. The highest BCUT2D eigenvalue weighted by Gasteiger charge is 2.14. The molecule has 5 heteroatoms. The first-order valence-corrected chi connectivity index (χ1v) is 8.25. The summed E-state index contributed by atoms with van der Waals surface area (Å²) in [6, 6.07) is 7.53. The predicted molar refractivity (Wildman–Crippen MR) is 92.8 cm³/mol. The van der Waals surface area contributed by atoms with Crippen LogP contribution in [0.1, 0.15) is 45.7 Å². The molecule has 1 rings (SSSR count). The molecule has 0 aliphatic carbocycles. The zero-order chi connectivity index (χ0) is 17.2. The molecule has 0 saturated heterocycles. The molecule has 1 aromatic rings. The molecule has 1 aromatic carbocycles. The standard InChI is InChI=1S/C18H30N2O3/c1-6-17(15-7-9-16(22-5)10-8-15)20-18(21)19-14(4)12-23-11-13(2)3/h7-10,13-14,17H,6,11-12H2,1-5H3,(H2,19,20,21). The van der Waals surface area contributed by atoms with E-state index in [0.717, 1.165) is 17.7 Å². The Kier molecular flexibility index (Phi) is 8.48. The van der Waals surface area contributed by atoms with Gasteiger partial charge in [-0.15, -0.1) is 0 Å². The lowest BCUT2D eigenvalue weighted by molar-refractivity contribution is 0.0952. The van der Waals surface area contributed by atoms with E-state index in [9.17, 15) is 4.79 Å². The number of ether oxygens (including phenoxy) is 2. The highest BCUT2D eigenvalue weighted by molar-refractivity contribution is 5.74. The van der Waals surface area contributed by atoms with E-state index in [1.54, 1.807) is 7.11 Å². The molecule has 0 aromatic heterocycles. The van der Waals surface area contributed by atoms with Gasteiger partial charge in [-0.3, -0.25) is 0 Å². The van der Waals surface area contributed by atoms with Crippen LogP contribution < -0.4 is 15.4 Å². The van der Waals surface area contributed by atoms with Crippen LogP contribution >= 0.6 is 0 Å². The van der Waals surface area contributed by atoms with E-state index in [1.807, 2.05) is 38.1 Å². The molecular weight excluding hydrogens is 292 g/mol. The molecule has 0 aliphatic heterocycles. The Balaban J connectivity index is 2.46. The minimum absolute atomic E-state index is 0.0234. The summed E-state index contributed by atoms with van der Waals surface area (Å²) in [4.78, 5) is 12.1. The van der Waals surface area contributed by atoms with Crippen molar-refractivity contribution in [2.24, 2.45) is 5.92 Å². The number of carbonyl (C=O) groups is 1. The molecule has 0 aliphatic rings. The maximum atomic E-state index is 12.1. The average molecular weight is 322 g/mol. The third-order valence-corrected chi connectivity index (χ3v) is 3.43. The Hall–Kier alpha value is -1.75. The van der Waals surface area contributed by atoms with Crippen LogP contribution in [0.4, 0.5) is 4.79 Å². The van der Waals surface area contributed by atoms with Gasteiger partial charge in [0.2, 0.25) is 0 Å². The first kappa shape index (κ1) is 19.3. The van der Waals surface area contributed by atoms with E-state index in [1.165, 1.54) is 0 Å². The van der Waals surface area contributed by atoms with Crippen molar-refractivity contribution in [2.75, 3.05) is 20.3 Å². The molecule has 0 bridgehead atoms. The van der Waals surface area contributed by atoms with E-state index < -0.39 is 0 Å². The van der Waals surface area contributed by atoms with Gasteiger partial charge >= 0.3 is 6.03 Å². The Morgan fingerprint density at radius 3 is 2.26 bits per heavy atom. The first-order chi connectivity index (χ1) is 11.0. The fraction of sp³-hybridized carbons (Fsp3) is 0.611. The van der Waals surface area contributed by atoms with Gasteiger partial charge in [0.25, 0.3) is 0 Å². The summed E-state index contributed by atoms with van der Waals surface area (Å²) < 4.78 is 10.7. The quantitative estimate of drug-likeness (QED) is 0.731. The Morgan fingerprint density at radius 1 is 1.09 bits per heavy atom. The number of carbonyl (C=O) groups excluding carboxylic acids is 1. The molecule has 0 fully saturated rings. The van der Waals surface area contributed by atoms with Gasteiger partial charge in [0, 0.05) is 6.61 Å². The third kappa shape index (κ3) is 7.37. The highest BCUT2D eigenvalue weighted by atomic mass is 16.5. The Bertz CT molecular complexity index is 460. The van der Waals surface area contributed by atoms with Gasteiger partial charge in [-0.05, 0) is 37.0 Å². The van der Waals surface area contributed by atoms with Gasteiger partial charge in [0.15, 0.2) is 0 Å². The molecule has 2 unspecified atom stereocenters. The van der Waals surface area contributed by atoms with E-state index in [4.69, 9.17) is 9.47 Å². The largest absolute Gasteiger partial charge is 0.497 e. The highest BCUT2D eigenvalue weighted by Crippen LogP contribution is 2.19. The normalized spacial score (nSPS) is 13.5. The van der Waals surface area contributed by atoms with Crippen molar-refractivity contribution in [3.8, 4) is 5.75 Å². The number of nitrogens with one attached hydrogen (secondary N) is 2. The number of methoxy groups -OCH3 is 1. The van der Waals surface area contributed by atoms with E-state index >= 15 is 0 Å². The number of amides is 2. The first-order valence-electron chi connectivity index (χ1n) is 8.25. The maximum absolute atomic E-state index is 12.1. The monoisotopic (exact) mass is 322 g/mol. The molecule has 130 valence electrons. The molecular formula is C18H30N2O3. The van der Waals surface area contributed by atoms with Crippen LogP contribution in [-0.2, 0) is 4.74 Å². The number of hydrogen-bond donors (Lipinski definition) is 2. The minimum atomic E-state index is -0.173. The fourth-order valence-corrected chi connectivity index (χ4v) is 2.20. The van der Waals surface area contributed by atoms with Crippen molar-refractivity contribution >= 4 is 6.03 Å². The van der Waals surface area contributed by atoms with Crippen LogP contribution in [0, 0.1) is 5.92 Å². The summed E-state index contributed by atoms with van der Waals surface area (Å²) in [7, 11) is 1.64. The summed E-state index contributed by atoms with van der Waals surface area (Å²) >= 11 is 0. The Morgan fingerprint density at radius 2 is 1.74 bits per heavy atom. The summed E-state index contributed by atoms with van der Waals surface area (Å²) in [6.45, 7) is 9.41. The minimum Gasteiger partial charge on any atom is -0.497 e. The SMILES string of the molecule is CCC(NC(=O)NC(C)COCC(C)C)c1ccc(OC)cc1. The van der Waals surface area contributed by atoms with Crippen molar-refractivity contribution < 1.29 is 14.3 Å². The molecule has 0 radical (unpaired) electrons. The van der Waals surface area contributed by atoms with Crippen LogP contribution in [0.25, 0.3) is 0 Å². The molecule has 0 heterocycles. The van der Waals surface area contributed by atoms with Crippen LogP contribution in [0.15, 0.2) is 24.3 Å². The molecule has 2 amide bonds. The van der Waals surface area contributed by atoms with Crippen molar-refractivity contribution in [1.29, 1.82) is 0 Å². The van der Waals surface area contributed by atoms with Crippen LogP contribution in [0.2, 0.25) is 0 Å². The number of urea groups is 1. The topological polar surface area (TPSA) is 59.6 Å². The van der Waals surface area contributed by atoms with Gasteiger partial charge in [-0.25, -0.2) is 4.79 Å². The summed E-state index contributed by atoms with van der Waals surface area (Å²) in [5.74, 6) is 1.31. The van der Waals surface area contributed by atoms with Gasteiger partial charge in [-0.1, -0.05) is 32.9 Å². The van der Waals surface area contributed by atoms with Crippen molar-refractivity contribution in [1.82, 2.24) is 10.6 Å². The van der Waals surface area contributed by atoms with Gasteiger partial charge in [0.1, 0.15) is 5.75 Å². The average Bonchev–Trinajstić information content (AvgIpc) is 2.52. The molecule has 23 heavy (non-hydrogen) atoms. The smallest absolute Gasteiger partial charge is 0.315 e. The fourth-order valence-electron chi connectivity index (χ4n) is 2.20. The lowest BCUT2D eigenvalue weighted by atomic mass is 10.0. The van der Waals surface area contributed by atoms with Crippen molar-refractivity contribution in [3.63, 3.8) is 0 Å². The summed E-state index contributed by atoms with van der Waals surface area (Å²) in [5, 5.41) is 5.92. The van der Waals surface area contributed by atoms with Crippen molar-refractivity contribution in [3.05, 3.63) is 29.8 Å². The summed E-state index contributed by atoms with van der Waals surface area (Å²) in [6.07, 6.45) is 0.817. The molecule has 0 saturated carbocycles. The van der Waals surface area contributed by atoms with Crippen LogP contribution in [-0.4, -0.2) is 32.4 Å². The van der Waals surface area contributed by atoms with Gasteiger partial charge < -0.3 is 20.1 Å². The zero-order valence-corrected chi connectivity index (χ0v) is 14.9. The van der Waals surface area contributed by atoms with Crippen LogP contribution in [0.5, 0.6) is 5.75 Å². The molecule has 5 nitrogen and oxygen atoms in total. The van der Waals surface area contributed by atoms with Crippen LogP contribution in [0.3, 0.4) is 0 Å². The Labute approximate surface area is 139 Å². The van der Waals surface area contributed by atoms with E-state index in [0.29, 0.717) is 19.1 Å². The lowest BCUT2D eigenvalue weighted by Crippen LogP contribution is -2.44. The molecule has 2 N–H and O–H groups in total. The van der Waals surface area contributed by atoms with Gasteiger partial charge in [-0.2, -0.15) is 0 Å². The second kappa shape index (κ2) is 10.1. The molecule has 0 spiro atoms. The predicted octanol–water partition coefficient (Wildman–Crippen LogP) is 3.51. The van der Waals surface area contributed by atoms with Gasteiger partial charge in [0.05, 0.1) is 25.8 Å². The van der Waals surface area contributed by atoms with E-state index in [-0.39, 0.29) is 18.1 Å².